The smallest absolute Gasteiger partial charge is 0.191 e. The maximum absolute atomic E-state index is 4.35. The summed E-state index contributed by atoms with van der Waals surface area (Å²) in [6.07, 6.45) is 7.94. The van der Waals surface area contributed by atoms with Crippen molar-refractivity contribution in [2.24, 2.45) is 4.99 Å². The molecule has 0 aromatic carbocycles. The highest BCUT2D eigenvalue weighted by Gasteiger charge is 2.31. The minimum absolute atomic E-state index is 0. The van der Waals surface area contributed by atoms with Gasteiger partial charge in [0.2, 0.25) is 0 Å². The summed E-state index contributed by atoms with van der Waals surface area (Å²) in [7, 11) is 1.84. The highest BCUT2D eigenvalue weighted by atomic mass is 127. The van der Waals surface area contributed by atoms with Crippen LogP contribution >= 0.6 is 24.0 Å². The molecular weight excluding hydrogens is 417 g/mol. The molecule has 1 aliphatic heterocycles. The number of likely N-dealkylation sites (tertiary alicyclic amines) is 1. The number of hydrogen-bond donors (Lipinski definition) is 2. The fourth-order valence-corrected chi connectivity index (χ4v) is 3.27. The Morgan fingerprint density at radius 2 is 2.04 bits per heavy atom. The Kier molecular flexibility index (Phi) is 7.73. The first-order valence-electron chi connectivity index (χ1n) is 8.88. The van der Waals surface area contributed by atoms with Crippen LogP contribution < -0.4 is 10.6 Å². The van der Waals surface area contributed by atoms with Crippen LogP contribution in [-0.2, 0) is 13.0 Å². The number of halogens is 1. The third-order valence-corrected chi connectivity index (χ3v) is 4.81. The fourth-order valence-electron chi connectivity index (χ4n) is 3.27. The lowest BCUT2D eigenvalue weighted by molar-refractivity contribution is 0.197. The van der Waals surface area contributed by atoms with E-state index in [0.717, 1.165) is 37.3 Å². The van der Waals surface area contributed by atoms with Crippen LogP contribution in [0.2, 0.25) is 0 Å². The second-order valence-corrected chi connectivity index (χ2v) is 6.48. The van der Waals surface area contributed by atoms with Crippen molar-refractivity contribution in [3.63, 3.8) is 0 Å². The molecule has 0 bridgehead atoms. The number of hydrogen-bond acceptors (Lipinski definition) is 4. The second kappa shape index (κ2) is 9.55. The van der Waals surface area contributed by atoms with Crippen LogP contribution in [0.1, 0.15) is 38.4 Å². The summed E-state index contributed by atoms with van der Waals surface area (Å²) in [5, 5.41) is 15.0. The Morgan fingerprint density at radius 3 is 2.67 bits per heavy atom. The minimum Gasteiger partial charge on any atom is -0.355 e. The molecule has 1 saturated heterocycles. The highest BCUT2D eigenvalue weighted by Crippen LogP contribution is 2.29. The molecule has 1 aliphatic carbocycles. The number of rotatable bonds is 6. The first kappa shape index (κ1) is 19.4. The van der Waals surface area contributed by atoms with E-state index >= 15 is 0 Å². The van der Waals surface area contributed by atoms with Gasteiger partial charge in [0, 0.05) is 51.7 Å². The molecule has 1 aromatic rings. The van der Waals surface area contributed by atoms with Gasteiger partial charge in [-0.1, -0.05) is 6.92 Å². The molecule has 0 atom stereocenters. The van der Waals surface area contributed by atoms with Crippen molar-refractivity contribution in [2.45, 2.75) is 57.7 Å². The zero-order valence-electron chi connectivity index (χ0n) is 14.7. The average molecular weight is 447 g/mol. The quantitative estimate of drug-likeness (QED) is 0.390. The van der Waals surface area contributed by atoms with Gasteiger partial charge in [-0.05, 0) is 25.7 Å². The summed E-state index contributed by atoms with van der Waals surface area (Å²) in [6.45, 7) is 6.23. The van der Waals surface area contributed by atoms with Gasteiger partial charge in [0.15, 0.2) is 5.96 Å². The standard InChI is InChI=1S/C16H29N7.HI/c1-3-15-21-19-12-23(15)11-8-18-16(17-2)20-13-6-9-22(10-7-13)14-4-5-14;/h12-14H,3-11H2,1-2H3,(H2,17,18,20);1H. The van der Waals surface area contributed by atoms with Crippen LogP contribution in [0.15, 0.2) is 11.3 Å². The number of aryl methyl sites for hydroxylation is 1. The van der Waals surface area contributed by atoms with E-state index in [4.69, 9.17) is 0 Å². The number of guanidine groups is 1. The van der Waals surface area contributed by atoms with E-state index in [1.807, 2.05) is 7.05 Å². The SMILES string of the molecule is CCc1nncn1CCNC(=NC)NC1CCN(C2CC2)CC1.I. The van der Waals surface area contributed by atoms with Crippen molar-refractivity contribution in [1.82, 2.24) is 30.3 Å². The number of nitrogens with zero attached hydrogens (tertiary/aromatic N) is 5. The molecule has 7 nitrogen and oxygen atoms in total. The van der Waals surface area contributed by atoms with Crippen LogP contribution in [0.5, 0.6) is 0 Å². The molecule has 8 heteroatoms. The zero-order valence-corrected chi connectivity index (χ0v) is 17.1. The molecule has 0 unspecified atom stereocenters. The number of piperidine rings is 1. The molecule has 2 heterocycles. The molecular formula is C16H30IN7. The maximum atomic E-state index is 4.35. The van der Waals surface area contributed by atoms with Crippen LogP contribution in [-0.4, -0.2) is 64.4 Å². The fraction of sp³-hybridized carbons (Fsp3) is 0.812. The van der Waals surface area contributed by atoms with Crippen LogP contribution in [0.4, 0.5) is 0 Å². The molecule has 136 valence electrons. The lowest BCUT2D eigenvalue weighted by atomic mass is 10.1. The molecule has 2 aliphatic rings. The predicted molar refractivity (Wildman–Crippen MR) is 107 cm³/mol. The van der Waals surface area contributed by atoms with Crippen molar-refractivity contribution in [3.05, 3.63) is 12.2 Å². The Balaban J connectivity index is 0.00000208. The van der Waals surface area contributed by atoms with Gasteiger partial charge in [-0.2, -0.15) is 0 Å². The van der Waals surface area contributed by atoms with E-state index in [9.17, 15) is 0 Å². The zero-order chi connectivity index (χ0) is 16.1. The van der Waals surface area contributed by atoms with Crippen LogP contribution in [0, 0.1) is 0 Å². The van der Waals surface area contributed by atoms with Gasteiger partial charge >= 0.3 is 0 Å². The molecule has 1 saturated carbocycles. The molecule has 0 amide bonds. The monoisotopic (exact) mass is 447 g/mol. The van der Waals surface area contributed by atoms with Crippen molar-refractivity contribution in [1.29, 1.82) is 0 Å². The van der Waals surface area contributed by atoms with Gasteiger partial charge < -0.3 is 20.1 Å². The van der Waals surface area contributed by atoms with Crippen LogP contribution in [0.25, 0.3) is 0 Å². The van der Waals surface area contributed by atoms with E-state index in [1.54, 1.807) is 6.33 Å². The van der Waals surface area contributed by atoms with Gasteiger partial charge in [0.05, 0.1) is 0 Å². The second-order valence-electron chi connectivity index (χ2n) is 6.48. The van der Waals surface area contributed by atoms with Gasteiger partial charge in [0.25, 0.3) is 0 Å². The predicted octanol–water partition coefficient (Wildman–Crippen LogP) is 1.25. The van der Waals surface area contributed by atoms with Gasteiger partial charge in [-0.3, -0.25) is 4.99 Å². The van der Waals surface area contributed by atoms with E-state index in [2.05, 4.69) is 42.2 Å². The Bertz CT molecular complexity index is 518. The van der Waals surface area contributed by atoms with Crippen LogP contribution in [0.3, 0.4) is 0 Å². The molecule has 2 fully saturated rings. The summed E-state index contributed by atoms with van der Waals surface area (Å²) in [6, 6.07) is 1.43. The maximum Gasteiger partial charge on any atom is 0.191 e. The van der Waals surface area contributed by atoms with E-state index < -0.39 is 0 Å². The number of aliphatic imine (C=N–C) groups is 1. The Morgan fingerprint density at radius 1 is 1.29 bits per heavy atom. The van der Waals surface area contributed by atoms with Crippen molar-refractivity contribution >= 4 is 29.9 Å². The molecule has 24 heavy (non-hydrogen) atoms. The van der Waals surface area contributed by atoms with Gasteiger partial charge in [-0.15, -0.1) is 34.2 Å². The normalized spacial score (nSPS) is 19.8. The largest absolute Gasteiger partial charge is 0.355 e. The topological polar surface area (TPSA) is 70.4 Å². The van der Waals surface area contributed by atoms with Crippen molar-refractivity contribution in [3.8, 4) is 0 Å². The van der Waals surface area contributed by atoms with E-state index in [-0.39, 0.29) is 24.0 Å². The molecule has 1 aromatic heterocycles. The summed E-state index contributed by atoms with van der Waals surface area (Å²) < 4.78 is 2.09. The first-order chi connectivity index (χ1) is 11.3. The number of nitrogens with one attached hydrogen (secondary N) is 2. The first-order valence-corrected chi connectivity index (χ1v) is 8.88. The molecule has 0 radical (unpaired) electrons. The van der Waals surface area contributed by atoms with E-state index in [1.165, 1.54) is 38.8 Å². The Hall–Kier alpha value is -0.900. The number of aromatic nitrogens is 3. The average Bonchev–Trinajstić information content (AvgIpc) is 3.33. The van der Waals surface area contributed by atoms with Gasteiger partial charge in [0.1, 0.15) is 12.2 Å². The third kappa shape index (κ3) is 5.30. The third-order valence-electron chi connectivity index (χ3n) is 4.81. The summed E-state index contributed by atoms with van der Waals surface area (Å²) in [4.78, 5) is 7.00. The lowest BCUT2D eigenvalue weighted by Crippen LogP contribution is -2.49. The van der Waals surface area contributed by atoms with Crippen molar-refractivity contribution in [2.75, 3.05) is 26.7 Å². The summed E-state index contributed by atoms with van der Waals surface area (Å²) in [5.74, 6) is 1.93. The van der Waals surface area contributed by atoms with E-state index in [0.29, 0.717) is 6.04 Å². The van der Waals surface area contributed by atoms with Gasteiger partial charge in [-0.25, -0.2) is 0 Å². The molecule has 3 rings (SSSR count). The minimum atomic E-state index is 0. The molecule has 2 N–H and O–H groups in total. The summed E-state index contributed by atoms with van der Waals surface area (Å²) in [5.41, 5.74) is 0. The lowest BCUT2D eigenvalue weighted by Gasteiger charge is -2.33. The molecule has 0 spiro atoms. The summed E-state index contributed by atoms with van der Waals surface area (Å²) >= 11 is 0. The Labute approximate surface area is 161 Å². The van der Waals surface area contributed by atoms with Crippen molar-refractivity contribution < 1.29 is 0 Å². The highest BCUT2D eigenvalue weighted by molar-refractivity contribution is 14.0.